The molecule has 0 fully saturated rings. The number of hydrogen-bond acceptors (Lipinski definition) is 4. The SMILES string of the molecule is CC#CCC(C#CCC)(C(=O)NO)S(=O)(=O)c1ccc(F)cc1. The standard InChI is InChI=1S/C16H16FNO4S/c1-3-5-11-16(12-6-4-2,15(19)18-20)23(21,22)14-9-7-13(17)8-10-14/h7-10,20H,3,12H2,1-2H3,(H,18,19). The first-order valence-electron chi connectivity index (χ1n) is 6.70. The molecule has 0 radical (unpaired) electrons. The van der Waals surface area contributed by atoms with Crippen molar-refractivity contribution in [2.75, 3.05) is 0 Å². The molecule has 0 spiro atoms. The van der Waals surface area contributed by atoms with E-state index in [0.717, 1.165) is 24.3 Å². The molecule has 1 rings (SSSR count). The highest BCUT2D eigenvalue weighted by atomic mass is 32.2. The van der Waals surface area contributed by atoms with Crippen LogP contribution in [0.1, 0.15) is 26.7 Å². The van der Waals surface area contributed by atoms with Gasteiger partial charge in [-0.2, -0.15) is 0 Å². The lowest BCUT2D eigenvalue weighted by atomic mass is 10.0. The average Bonchev–Trinajstić information content (AvgIpc) is 2.54. The summed E-state index contributed by atoms with van der Waals surface area (Å²) in [5, 5.41) is 8.98. The second-order valence-electron chi connectivity index (χ2n) is 4.48. The predicted molar refractivity (Wildman–Crippen MR) is 82.4 cm³/mol. The lowest BCUT2D eigenvalue weighted by Gasteiger charge is -2.24. The first-order chi connectivity index (χ1) is 10.9. The van der Waals surface area contributed by atoms with Crippen LogP contribution < -0.4 is 5.48 Å². The molecule has 1 atom stereocenters. The summed E-state index contributed by atoms with van der Waals surface area (Å²) in [7, 11) is -4.35. The Morgan fingerprint density at radius 3 is 2.39 bits per heavy atom. The van der Waals surface area contributed by atoms with Crippen molar-refractivity contribution >= 4 is 15.7 Å². The van der Waals surface area contributed by atoms with Gasteiger partial charge in [0.15, 0.2) is 0 Å². The number of sulfone groups is 1. The van der Waals surface area contributed by atoms with E-state index in [1.54, 1.807) is 6.92 Å². The van der Waals surface area contributed by atoms with Crippen molar-refractivity contribution in [3.05, 3.63) is 30.1 Å². The lowest BCUT2D eigenvalue weighted by molar-refractivity contribution is -0.130. The lowest BCUT2D eigenvalue weighted by Crippen LogP contribution is -2.50. The maximum absolute atomic E-state index is 13.0. The molecule has 0 aliphatic carbocycles. The number of carbonyl (C=O) groups is 1. The summed E-state index contributed by atoms with van der Waals surface area (Å²) in [6.45, 7) is 3.17. The molecule has 5 nitrogen and oxygen atoms in total. The molecule has 0 aliphatic rings. The molecular formula is C16H16FNO4S. The van der Waals surface area contributed by atoms with Crippen LogP contribution in [0.4, 0.5) is 4.39 Å². The molecule has 1 unspecified atom stereocenters. The number of hydroxylamine groups is 1. The van der Waals surface area contributed by atoms with E-state index in [4.69, 9.17) is 5.21 Å². The third-order valence-corrected chi connectivity index (χ3v) is 5.27. The topological polar surface area (TPSA) is 83.5 Å². The van der Waals surface area contributed by atoms with Crippen LogP contribution in [0.5, 0.6) is 0 Å². The highest BCUT2D eigenvalue weighted by molar-refractivity contribution is 7.94. The van der Waals surface area contributed by atoms with E-state index >= 15 is 0 Å². The minimum atomic E-state index is -4.35. The smallest absolute Gasteiger partial charge is 0.278 e. The molecule has 7 heteroatoms. The summed E-state index contributed by atoms with van der Waals surface area (Å²) in [5.41, 5.74) is 1.35. The molecule has 0 saturated carbocycles. The first kappa shape index (κ1) is 18.7. The Morgan fingerprint density at radius 1 is 1.30 bits per heavy atom. The van der Waals surface area contributed by atoms with E-state index in [2.05, 4.69) is 23.7 Å². The van der Waals surface area contributed by atoms with Gasteiger partial charge in [-0.1, -0.05) is 12.8 Å². The fourth-order valence-electron chi connectivity index (χ4n) is 1.81. The Balaban J connectivity index is 3.67. The number of halogens is 1. The monoisotopic (exact) mass is 337 g/mol. The van der Waals surface area contributed by atoms with Crippen molar-refractivity contribution in [3.8, 4) is 23.7 Å². The molecule has 0 saturated heterocycles. The first-order valence-corrected chi connectivity index (χ1v) is 8.18. The summed E-state index contributed by atoms with van der Waals surface area (Å²) < 4.78 is 36.6. The molecule has 1 aromatic rings. The minimum absolute atomic E-state index is 0.286. The average molecular weight is 337 g/mol. The quantitative estimate of drug-likeness (QED) is 0.379. The van der Waals surface area contributed by atoms with Gasteiger partial charge in [0.2, 0.25) is 14.6 Å². The summed E-state index contributed by atoms with van der Waals surface area (Å²) in [4.78, 5) is 11.9. The Bertz CT molecular complexity index is 794. The molecule has 1 amide bonds. The zero-order valence-electron chi connectivity index (χ0n) is 12.7. The number of rotatable bonds is 4. The van der Waals surface area contributed by atoms with E-state index in [9.17, 15) is 17.6 Å². The van der Waals surface area contributed by atoms with Gasteiger partial charge in [-0.3, -0.25) is 10.0 Å². The zero-order valence-corrected chi connectivity index (χ0v) is 13.5. The minimum Gasteiger partial charge on any atom is -0.289 e. The number of nitrogens with one attached hydrogen (secondary N) is 1. The van der Waals surface area contributed by atoms with Crippen LogP contribution in [0.25, 0.3) is 0 Å². The van der Waals surface area contributed by atoms with E-state index in [1.807, 2.05) is 0 Å². The van der Waals surface area contributed by atoms with Crippen molar-refractivity contribution < 1.29 is 22.8 Å². The molecule has 0 bridgehead atoms. The van der Waals surface area contributed by atoms with Gasteiger partial charge in [-0.15, -0.1) is 17.8 Å². The number of carbonyl (C=O) groups excluding carboxylic acids is 1. The van der Waals surface area contributed by atoms with Crippen molar-refractivity contribution in [2.24, 2.45) is 0 Å². The summed E-state index contributed by atoms with van der Waals surface area (Å²) in [6.07, 6.45) is -0.123. The van der Waals surface area contributed by atoms with Crippen LogP contribution in [0, 0.1) is 29.5 Å². The summed E-state index contributed by atoms with van der Waals surface area (Å²) >= 11 is 0. The van der Waals surface area contributed by atoms with Crippen molar-refractivity contribution in [1.29, 1.82) is 0 Å². The fraction of sp³-hybridized carbons (Fsp3) is 0.312. The van der Waals surface area contributed by atoms with Gasteiger partial charge >= 0.3 is 0 Å². The molecular weight excluding hydrogens is 321 g/mol. The van der Waals surface area contributed by atoms with E-state index in [0.29, 0.717) is 6.42 Å². The fourth-order valence-corrected chi connectivity index (χ4v) is 3.47. The van der Waals surface area contributed by atoms with Crippen LogP contribution >= 0.6 is 0 Å². The van der Waals surface area contributed by atoms with Gasteiger partial charge in [0, 0.05) is 12.8 Å². The number of amides is 1. The highest BCUT2D eigenvalue weighted by Crippen LogP contribution is 2.29. The summed E-state index contributed by atoms with van der Waals surface area (Å²) in [5.74, 6) is 8.18. The van der Waals surface area contributed by atoms with E-state index in [-0.39, 0.29) is 4.90 Å². The van der Waals surface area contributed by atoms with Gasteiger partial charge in [-0.05, 0) is 31.2 Å². The molecule has 1 aromatic carbocycles. The van der Waals surface area contributed by atoms with Gasteiger partial charge in [0.25, 0.3) is 5.91 Å². The van der Waals surface area contributed by atoms with Crippen LogP contribution in [0.15, 0.2) is 29.2 Å². The highest BCUT2D eigenvalue weighted by Gasteiger charge is 2.50. The van der Waals surface area contributed by atoms with E-state index < -0.39 is 32.7 Å². The predicted octanol–water partition coefficient (Wildman–Crippen LogP) is 1.67. The molecule has 0 aromatic heterocycles. The molecule has 122 valence electrons. The number of hydrogen-bond donors (Lipinski definition) is 2. The van der Waals surface area contributed by atoms with Crippen LogP contribution in [-0.2, 0) is 14.6 Å². The van der Waals surface area contributed by atoms with Gasteiger partial charge in [-0.25, -0.2) is 18.3 Å². The molecule has 0 aliphatic heterocycles. The second-order valence-corrected chi connectivity index (χ2v) is 6.66. The Labute approximate surface area is 134 Å². The summed E-state index contributed by atoms with van der Waals surface area (Å²) in [6, 6.07) is 4.01. The molecule has 0 heterocycles. The van der Waals surface area contributed by atoms with Gasteiger partial charge in [0.1, 0.15) is 5.82 Å². The Hall–Kier alpha value is -2.35. The Kier molecular flexibility index (Phi) is 6.32. The van der Waals surface area contributed by atoms with Crippen LogP contribution in [0.3, 0.4) is 0 Å². The van der Waals surface area contributed by atoms with Crippen molar-refractivity contribution in [1.82, 2.24) is 5.48 Å². The van der Waals surface area contributed by atoms with E-state index in [1.165, 1.54) is 12.4 Å². The maximum atomic E-state index is 13.0. The molecule has 23 heavy (non-hydrogen) atoms. The van der Waals surface area contributed by atoms with Crippen LogP contribution in [-0.4, -0.2) is 24.3 Å². The Morgan fingerprint density at radius 2 is 1.91 bits per heavy atom. The zero-order chi connectivity index (χ0) is 17.5. The van der Waals surface area contributed by atoms with Crippen molar-refractivity contribution in [3.63, 3.8) is 0 Å². The third kappa shape index (κ3) is 3.70. The van der Waals surface area contributed by atoms with Crippen molar-refractivity contribution in [2.45, 2.75) is 36.3 Å². The normalized spacial score (nSPS) is 12.9. The van der Waals surface area contributed by atoms with Crippen LogP contribution in [0.2, 0.25) is 0 Å². The second kappa shape index (κ2) is 7.77. The maximum Gasteiger partial charge on any atom is 0.278 e. The largest absolute Gasteiger partial charge is 0.289 e. The van der Waals surface area contributed by atoms with Gasteiger partial charge < -0.3 is 0 Å². The number of benzene rings is 1. The van der Waals surface area contributed by atoms with Gasteiger partial charge in [0.05, 0.1) is 4.90 Å². The third-order valence-electron chi connectivity index (χ3n) is 3.03. The molecule has 2 N–H and O–H groups in total.